The van der Waals surface area contributed by atoms with Crippen molar-refractivity contribution in [3.63, 3.8) is 0 Å². The van der Waals surface area contributed by atoms with Crippen molar-refractivity contribution in [1.29, 1.82) is 0 Å². The van der Waals surface area contributed by atoms with Crippen molar-refractivity contribution in [3.8, 4) is 0 Å². The molecule has 8 heteroatoms. The molecular weight excluding hydrogens is 376 g/mol. The minimum atomic E-state index is -0.537. The summed E-state index contributed by atoms with van der Waals surface area (Å²) in [5.41, 5.74) is 0. The Morgan fingerprint density at radius 3 is 2.61 bits per heavy atom. The largest absolute Gasteiger partial charge is 0.408 e. The zero-order valence-electron chi connectivity index (χ0n) is 17.6. The zero-order chi connectivity index (χ0) is 20.5. The second-order valence-electron chi connectivity index (χ2n) is 7.97. The van der Waals surface area contributed by atoms with Crippen molar-refractivity contribution in [3.05, 3.63) is 5.89 Å². The van der Waals surface area contributed by atoms with Crippen LogP contribution in [0.4, 0.5) is 0 Å². The van der Waals surface area contributed by atoms with Crippen molar-refractivity contribution in [1.82, 2.24) is 20.0 Å². The summed E-state index contributed by atoms with van der Waals surface area (Å²) in [6, 6.07) is -0.412. The van der Waals surface area contributed by atoms with Gasteiger partial charge in [-0.15, -0.1) is 10.2 Å². The molecule has 1 aromatic heterocycles. The predicted molar refractivity (Wildman–Crippen MR) is 111 cm³/mol. The number of Topliss-reactive ketones (excluding diaryl/α,β-unsaturated/α-hetero) is 1. The third-order valence-corrected chi connectivity index (χ3v) is 6.13. The van der Waals surface area contributed by atoms with E-state index in [2.05, 4.69) is 42.9 Å². The van der Waals surface area contributed by atoms with Crippen molar-refractivity contribution in [2.75, 3.05) is 25.9 Å². The molecule has 28 heavy (non-hydrogen) atoms. The van der Waals surface area contributed by atoms with E-state index in [1.807, 2.05) is 0 Å². The molecule has 0 radical (unpaired) electrons. The van der Waals surface area contributed by atoms with Gasteiger partial charge < -0.3 is 14.2 Å². The molecule has 7 nitrogen and oxygen atoms in total. The lowest BCUT2D eigenvalue weighted by molar-refractivity contribution is -0.122. The van der Waals surface area contributed by atoms with E-state index in [0.29, 0.717) is 11.6 Å². The fraction of sp³-hybridized carbons (Fsp3) is 0.800. The van der Waals surface area contributed by atoms with E-state index in [0.717, 1.165) is 50.9 Å². The molecule has 0 aliphatic heterocycles. The van der Waals surface area contributed by atoms with Gasteiger partial charge in [0.25, 0.3) is 11.1 Å². The molecule has 1 aliphatic rings. The molecule has 0 saturated heterocycles. The second-order valence-corrected chi connectivity index (χ2v) is 9.02. The lowest BCUT2D eigenvalue weighted by Gasteiger charge is -2.36. The van der Waals surface area contributed by atoms with Crippen LogP contribution < -0.4 is 0 Å². The van der Waals surface area contributed by atoms with Gasteiger partial charge in [0.15, 0.2) is 0 Å². The Morgan fingerprint density at radius 1 is 1.29 bits per heavy atom. The predicted octanol–water partition coefficient (Wildman–Crippen LogP) is 3.50. The number of rotatable bonds is 12. The number of carbonyl (C=O) groups is 2. The maximum absolute atomic E-state index is 13.2. The summed E-state index contributed by atoms with van der Waals surface area (Å²) in [7, 11) is 2.05. The quantitative estimate of drug-likeness (QED) is 0.296. The Balaban J connectivity index is 2.08. The Hall–Kier alpha value is -1.41. The van der Waals surface area contributed by atoms with Crippen molar-refractivity contribution < 1.29 is 14.0 Å². The molecule has 1 atom stereocenters. The number of thioether (sulfide) groups is 1. The Kier molecular flexibility index (Phi) is 9.44. The first-order valence-corrected chi connectivity index (χ1v) is 11.4. The molecule has 1 aromatic rings. The molecule has 0 spiro atoms. The van der Waals surface area contributed by atoms with Gasteiger partial charge in [-0.25, -0.2) is 0 Å². The SMILES string of the molecule is CCN(C)CCSc1nnc(C(=O)C(CC(C)C)N(C=O)C2CCCCC2)o1. The second kappa shape index (κ2) is 11.6. The van der Waals surface area contributed by atoms with E-state index in [1.165, 1.54) is 18.2 Å². The minimum absolute atomic E-state index is 0.0136. The molecule has 0 N–H and O–H groups in total. The molecule has 1 unspecified atom stereocenters. The molecule has 1 saturated carbocycles. The molecule has 1 fully saturated rings. The molecule has 0 bridgehead atoms. The van der Waals surface area contributed by atoms with Crippen LogP contribution in [0.1, 0.15) is 70.0 Å². The average molecular weight is 411 g/mol. The van der Waals surface area contributed by atoms with E-state index in [9.17, 15) is 9.59 Å². The highest BCUT2D eigenvalue weighted by molar-refractivity contribution is 7.99. The molecule has 1 amide bonds. The van der Waals surface area contributed by atoms with Crippen LogP contribution >= 0.6 is 11.8 Å². The Bertz CT molecular complexity index is 616. The highest BCUT2D eigenvalue weighted by atomic mass is 32.2. The first-order valence-electron chi connectivity index (χ1n) is 10.4. The van der Waals surface area contributed by atoms with E-state index in [-0.39, 0.29) is 23.6 Å². The van der Waals surface area contributed by atoms with Crippen LogP contribution in [-0.4, -0.2) is 70.2 Å². The fourth-order valence-corrected chi connectivity index (χ4v) is 4.37. The van der Waals surface area contributed by atoms with Gasteiger partial charge in [-0.3, -0.25) is 9.59 Å². The van der Waals surface area contributed by atoms with Crippen LogP contribution in [-0.2, 0) is 4.79 Å². The van der Waals surface area contributed by atoms with Crippen molar-refractivity contribution in [2.24, 2.45) is 5.92 Å². The maximum Gasteiger partial charge on any atom is 0.286 e. The van der Waals surface area contributed by atoms with Gasteiger partial charge >= 0.3 is 0 Å². The van der Waals surface area contributed by atoms with Crippen LogP contribution in [0, 0.1) is 5.92 Å². The first kappa shape index (κ1) is 22.9. The van der Waals surface area contributed by atoms with Crippen LogP contribution in [0.15, 0.2) is 9.64 Å². The molecule has 158 valence electrons. The summed E-state index contributed by atoms with van der Waals surface area (Å²) in [6.45, 7) is 8.11. The number of carbonyl (C=O) groups excluding carboxylic acids is 2. The van der Waals surface area contributed by atoms with E-state index in [4.69, 9.17) is 4.42 Å². The Labute approximate surface area is 172 Å². The minimum Gasteiger partial charge on any atom is -0.408 e. The third-order valence-electron chi connectivity index (χ3n) is 5.33. The summed E-state index contributed by atoms with van der Waals surface area (Å²) in [6.07, 6.45) is 6.75. The number of ketones is 1. The molecule has 1 aliphatic carbocycles. The molecule has 1 heterocycles. The number of amides is 1. The van der Waals surface area contributed by atoms with Gasteiger partial charge in [0.1, 0.15) is 6.04 Å². The van der Waals surface area contributed by atoms with Gasteiger partial charge in [0.05, 0.1) is 0 Å². The summed E-state index contributed by atoms with van der Waals surface area (Å²) in [4.78, 5) is 29.0. The summed E-state index contributed by atoms with van der Waals surface area (Å²) in [5.74, 6) is 0.871. The summed E-state index contributed by atoms with van der Waals surface area (Å²) < 4.78 is 5.64. The number of aromatic nitrogens is 2. The van der Waals surface area contributed by atoms with E-state index in [1.54, 1.807) is 4.90 Å². The van der Waals surface area contributed by atoms with Crippen LogP contribution in [0.25, 0.3) is 0 Å². The van der Waals surface area contributed by atoms with Gasteiger partial charge in [-0.05, 0) is 38.8 Å². The summed E-state index contributed by atoms with van der Waals surface area (Å²) >= 11 is 1.45. The van der Waals surface area contributed by atoms with Crippen molar-refractivity contribution in [2.45, 2.75) is 76.6 Å². The van der Waals surface area contributed by atoms with Gasteiger partial charge in [-0.1, -0.05) is 51.8 Å². The zero-order valence-corrected chi connectivity index (χ0v) is 18.4. The fourth-order valence-electron chi connectivity index (χ4n) is 3.56. The average Bonchev–Trinajstić information content (AvgIpc) is 3.16. The van der Waals surface area contributed by atoms with Crippen LogP contribution in [0.2, 0.25) is 0 Å². The van der Waals surface area contributed by atoms with Gasteiger partial charge in [0, 0.05) is 18.3 Å². The van der Waals surface area contributed by atoms with Crippen LogP contribution in [0.3, 0.4) is 0 Å². The smallest absolute Gasteiger partial charge is 0.286 e. The third kappa shape index (κ3) is 6.58. The maximum atomic E-state index is 13.2. The lowest BCUT2D eigenvalue weighted by Crippen LogP contribution is -2.48. The first-order chi connectivity index (χ1) is 13.5. The highest BCUT2D eigenvalue weighted by Gasteiger charge is 2.35. The van der Waals surface area contributed by atoms with Crippen molar-refractivity contribution >= 4 is 24.0 Å². The molecule has 0 aromatic carbocycles. The molecule has 2 rings (SSSR count). The van der Waals surface area contributed by atoms with E-state index < -0.39 is 6.04 Å². The Morgan fingerprint density at radius 2 is 2.00 bits per heavy atom. The monoisotopic (exact) mass is 410 g/mol. The standard InChI is InChI=1S/C20H34N4O3S/c1-5-23(4)11-12-28-20-22-21-19(27-20)18(26)17(13-15(2)3)24(14-25)16-9-7-6-8-10-16/h14-17H,5-13H2,1-4H3. The number of nitrogens with zero attached hydrogens (tertiary/aromatic N) is 4. The van der Waals surface area contributed by atoms with Gasteiger partial charge in [-0.2, -0.15) is 0 Å². The molecular formula is C20H34N4O3S. The number of hydrogen-bond donors (Lipinski definition) is 0. The van der Waals surface area contributed by atoms with Crippen LogP contribution in [0.5, 0.6) is 0 Å². The topological polar surface area (TPSA) is 79.5 Å². The normalized spacial score (nSPS) is 16.5. The van der Waals surface area contributed by atoms with Gasteiger partial charge in [0.2, 0.25) is 12.2 Å². The summed E-state index contributed by atoms with van der Waals surface area (Å²) in [5, 5.41) is 8.41. The van der Waals surface area contributed by atoms with E-state index >= 15 is 0 Å². The lowest BCUT2D eigenvalue weighted by atomic mass is 9.91. The number of hydrogen-bond acceptors (Lipinski definition) is 7. The highest BCUT2D eigenvalue weighted by Crippen LogP contribution is 2.27.